The van der Waals surface area contributed by atoms with Crippen molar-refractivity contribution >= 4 is 17.6 Å². The second-order valence-electron chi connectivity index (χ2n) is 6.22. The van der Waals surface area contributed by atoms with Crippen LogP contribution in [0.4, 0.5) is 10.1 Å². The number of alkyl halides is 1. The summed E-state index contributed by atoms with van der Waals surface area (Å²) in [6.45, 7) is 2.48. The normalized spacial score (nSPS) is 28.8. The van der Waals surface area contributed by atoms with E-state index in [0.717, 1.165) is 5.69 Å². The average Bonchev–Trinajstić information content (AvgIpc) is 3.00. The standard InChI is InChI=1S/C14H19FN4O3/c1-14(13(21)22-3)4-12(20)18(8-14)9-5-16-19-7-11(15)17(2)6-10(9)19/h5,11H,4,6-8H2,1-3H3/t11-,14?/m1/s1. The molecule has 0 aromatic carbocycles. The topological polar surface area (TPSA) is 67.7 Å². The number of hydrogen-bond acceptors (Lipinski definition) is 5. The predicted octanol–water partition coefficient (Wildman–Crippen LogP) is 0.540. The molecular formula is C14H19FN4O3. The van der Waals surface area contributed by atoms with Gasteiger partial charge in [0.25, 0.3) is 0 Å². The fourth-order valence-electron chi connectivity index (χ4n) is 3.09. The van der Waals surface area contributed by atoms with Crippen molar-refractivity contribution in [3.05, 3.63) is 11.9 Å². The molecule has 0 N–H and O–H groups in total. The molecular weight excluding hydrogens is 291 g/mol. The molecule has 120 valence electrons. The number of amides is 1. The first-order valence-corrected chi connectivity index (χ1v) is 7.13. The van der Waals surface area contributed by atoms with Crippen molar-refractivity contribution in [2.75, 3.05) is 25.6 Å². The van der Waals surface area contributed by atoms with Crippen LogP contribution in [0.3, 0.4) is 0 Å². The van der Waals surface area contributed by atoms with Gasteiger partial charge in [0, 0.05) is 19.5 Å². The summed E-state index contributed by atoms with van der Waals surface area (Å²) in [6, 6.07) is 0. The number of carbonyl (C=O) groups is 2. The molecule has 22 heavy (non-hydrogen) atoms. The number of likely N-dealkylation sites (N-methyl/N-ethyl adjacent to an activating group) is 1. The van der Waals surface area contributed by atoms with Crippen LogP contribution in [0.2, 0.25) is 0 Å². The zero-order chi connectivity index (χ0) is 16.1. The van der Waals surface area contributed by atoms with E-state index in [2.05, 4.69) is 5.10 Å². The monoisotopic (exact) mass is 310 g/mol. The van der Waals surface area contributed by atoms with E-state index in [1.54, 1.807) is 34.6 Å². The number of aromatic nitrogens is 2. The molecule has 1 unspecified atom stereocenters. The van der Waals surface area contributed by atoms with Gasteiger partial charge in [0.1, 0.15) is 0 Å². The number of fused-ring (bicyclic) bond motifs is 1. The summed E-state index contributed by atoms with van der Waals surface area (Å²) in [6.07, 6.45) is 0.587. The highest BCUT2D eigenvalue weighted by atomic mass is 19.1. The molecule has 1 amide bonds. The van der Waals surface area contributed by atoms with Crippen LogP contribution in [0.15, 0.2) is 6.20 Å². The Hall–Kier alpha value is -1.96. The summed E-state index contributed by atoms with van der Waals surface area (Å²) in [5.74, 6) is -0.543. The van der Waals surface area contributed by atoms with Gasteiger partial charge in [0.2, 0.25) is 5.91 Å². The molecule has 2 aliphatic heterocycles. The van der Waals surface area contributed by atoms with Crippen molar-refractivity contribution in [3.63, 3.8) is 0 Å². The van der Waals surface area contributed by atoms with Gasteiger partial charge in [-0.3, -0.25) is 19.2 Å². The van der Waals surface area contributed by atoms with E-state index in [9.17, 15) is 14.0 Å². The SMILES string of the molecule is COC(=O)C1(C)CC(=O)N(c2cnn3c2CN(C)[C@@H](F)C3)C1. The number of halogens is 1. The summed E-state index contributed by atoms with van der Waals surface area (Å²) in [7, 11) is 3.01. The zero-order valence-electron chi connectivity index (χ0n) is 12.9. The highest BCUT2D eigenvalue weighted by molar-refractivity contribution is 6.01. The van der Waals surface area contributed by atoms with Gasteiger partial charge in [-0.2, -0.15) is 5.10 Å². The molecule has 0 saturated carbocycles. The van der Waals surface area contributed by atoms with E-state index in [1.165, 1.54) is 7.11 Å². The third-order valence-electron chi connectivity index (χ3n) is 4.45. The summed E-state index contributed by atoms with van der Waals surface area (Å²) in [5, 5.41) is 4.17. The highest BCUT2D eigenvalue weighted by Crippen LogP contribution is 2.37. The van der Waals surface area contributed by atoms with Crippen LogP contribution in [0.5, 0.6) is 0 Å². The van der Waals surface area contributed by atoms with Gasteiger partial charge in [-0.25, -0.2) is 4.39 Å². The lowest BCUT2D eigenvalue weighted by atomic mass is 9.90. The summed E-state index contributed by atoms with van der Waals surface area (Å²) >= 11 is 0. The Labute approximate surface area is 127 Å². The Kier molecular flexibility index (Phi) is 3.43. The van der Waals surface area contributed by atoms with Gasteiger partial charge >= 0.3 is 5.97 Å². The fraction of sp³-hybridized carbons (Fsp3) is 0.643. The van der Waals surface area contributed by atoms with E-state index in [1.807, 2.05) is 0 Å². The van der Waals surface area contributed by atoms with Gasteiger partial charge < -0.3 is 9.64 Å². The largest absolute Gasteiger partial charge is 0.469 e. The van der Waals surface area contributed by atoms with Crippen molar-refractivity contribution in [2.24, 2.45) is 5.41 Å². The van der Waals surface area contributed by atoms with Crippen LogP contribution in [-0.2, 0) is 27.4 Å². The summed E-state index contributed by atoms with van der Waals surface area (Å²) in [4.78, 5) is 27.4. The summed E-state index contributed by atoms with van der Waals surface area (Å²) < 4.78 is 20.1. The highest BCUT2D eigenvalue weighted by Gasteiger charge is 2.47. The molecule has 8 heteroatoms. The number of nitrogens with zero attached hydrogens (tertiary/aromatic N) is 4. The summed E-state index contributed by atoms with van der Waals surface area (Å²) in [5.41, 5.74) is 0.583. The Balaban J connectivity index is 1.90. The van der Waals surface area contributed by atoms with Gasteiger partial charge in [0.15, 0.2) is 6.30 Å². The first-order chi connectivity index (χ1) is 10.4. The predicted molar refractivity (Wildman–Crippen MR) is 75.7 cm³/mol. The maximum atomic E-state index is 13.7. The minimum absolute atomic E-state index is 0.103. The van der Waals surface area contributed by atoms with E-state index in [4.69, 9.17) is 4.74 Å². The second-order valence-corrected chi connectivity index (χ2v) is 6.22. The van der Waals surface area contributed by atoms with Crippen LogP contribution in [0, 0.1) is 5.41 Å². The van der Waals surface area contributed by atoms with Gasteiger partial charge in [0.05, 0.1) is 36.6 Å². The van der Waals surface area contributed by atoms with Crippen LogP contribution >= 0.6 is 0 Å². The van der Waals surface area contributed by atoms with Gasteiger partial charge in [-0.15, -0.1) is 0 Å². The molecule has 0 radical (unpaired) electrons. The number of esters is 1. The molecule has 0 aliphatic carbocycles. The number of carbonyl (C=O) groups excluding carboxylic acids is 2. The molecule has 2 atom stereocenters. The van der Waals surface area contributed by atoms with Crippen LogP contribution in [0.1, 0.15) is 19.0 Å². The molecule has 1 fully saturated rings. The third kappa shape index (κ3) is 2.18. The van der Waals surface area contributed by atoms with Crippen molar-refractivity contribution in [2.45, 2.75) is 32.7 Å². The maximum Gasteiger partial charge on any atom is 0.313 e. The minimum atomic E-state index is -1.09. The van der Waals surface area contributed by atoms with Crippen molar-refractivity contribution < 1.29 is 18.7 Å². The number of hydrogen-bond donors (Lipinski definition) is 0. The van der Waals surface area contributed by atoms with Crippen molar-refractivity contribution in [1.29, 1.82) is 0 Å². The van der Waals surface area contributed by atoms with Crippen molar-refractivity contribution in [1.82, 2.24) is 14.7 Å². The van der Waals surface area contributed by atoms with E-state index < -0.39 is 17.7 Å². The molecule has 1 aromatic heterocycles. The molecule has 3 rings (SSSR count). The smallest absolute Gasteiger partial charge is 0.313 e. The fourth-order valence-corrected chi connectivity index (χ4v) is 3.09. The first kappa shape index (κ1) is 15.0. The lowest BCUT2D eigenvalue weighted by molar-refractivity contribution is -0.151. The van der Waals surface area contributed by atoms with E-state index in [0.29, 0.717) is 12.2 Å². The number of anilines is 1. The molecule has 0 bridgehead atoms. The Morgan fingerprint density at radius 1 is 1.55 bits per heavy atom. The number of methoxy groups -OCH3 is 1. The Morgan fingerprint density at radius 3 is 2.95 bits per heavy atom. The molecule has 1 saturated heterocycles. The Morgan fingerprint density at radius 2 is 2.27 bits per heavy atom. The first-order valence-electron chi connectivity index (χ1n) is 7.13. The quantitative estimate of drug-likeness (QED) is 0.589. The second kappa shape index (κ2) is 5.05. The number of ether oxygens (including phenoxy) is 1. The zero-order valence-corrected chi connectivity index (χ0v) is 12.9. The van der Waals surface area contributed by atoms with E-state index >= 15 is 0 Å². The van der Waals surface area contributed by atoms with E-state index in [-0.39, 0.29) is 25.4 Å². The molecule has 7 nitrogen and oxygen atoms in total. The van der Waals surface area contributed by atoms with Gasteiger partial charge in [-0.1, -0.05) is 0 Å². The Bertz CT molecular complexity index is 632. The molecule has 0 spiro atoms. The molecule has 2 aliphatic rings. The maximum absolute atomic E-state index is 13.7. The lowest BCUT2D eigenvalue weighted by Gasteiger charge is -2.29. The number of rotatable bonds is 2. The van der Waals surface area contributed by atoms with Crippen molar-refractivity contribution in [3.8, 4) is 0 Å². The molecule has 1 aromatic rings. The molecule has 3 heterocycles. The van der Waals surface area contributed by atoms with Crippen LogP contribution in [-0.4, -0.2) is 53.6 Å². The van der Waals surface area contributed by atoms with Crippen LogP contribution in [0.25, 0.3) is 0 Å². The lowest BCUT2D eigenvalue weighted by Crippen LogP contribution is -2.39. The average molecular weight is 310 g/mol. The minimum Gasteiger partial charge on any atom is -0.469 e. The van der Waals surface area contributed by atoms with Gasteiger partial charge in [-0.05, 0) is 14.0 Å². The third-order valence-corrected chi connectivity index (χ3v) is 4.45. The van der Waals surface area contributed by atoms with Crippen LogP contribution < -0.4 is 4.90 Å².